The first-order valence-corrected chi connectivity index (χ1v) is 6.31. The second-order valence-electron chi connectivity index (χ2n) is 4.27. The molecule has 2 heterocycles. The molecule has 0 spiro atoms. The largest absolute Gasteiger partial charge is 0.399 e. The van der Waals surface area contributed by atoms with Crippen LogP contribution in [0, 0.1) is 0 Å². The summed E-state index contributed by atoms with van der Waals surface area (Å²) in [6, 6.07) is 10.5. The number of halogens is 1. The van der Waals surface area contributed by atoms with Gasteiger partial charge in [-0.1, -0.05) is 23.7 Å². The molecule has 3 N–H and O–H groups in total. The number of carbonyl (C=O) groups excluding carboxylic acids is 1. The van der Waals surface area contributed by atoms with Crippen LogP contribution in [-0.4, -0.2) is 15.3 Å². The van der Waals surface area contributed by atoms with Gasteiger partial charge in [0.25, 0.3) is 5.91 Å². The number of anilines is 2. The fourth-order valence-corrected chi connectivity index (χ4v) is 2.10. The number of nitrogens with two attached hydrogens (primary N) is 1. The molecule has 0 atom stereocenters. The molecule has 3 aromatic rings. The van der Waals surface area contributed by atoms with Crippen LogP contribution in [0.3, 0.4) is 0 Å². The lowest BCUT2D eigenvalue weighted by Crippen LogP contribution is -2.14. The smallest absolute Gasteiger partial charge is 0.274 e. The van der Waals surface area contributed by atoms with Crippen LogP contribution in [0.5, 0.6) is 0 Å². The van der Waals surface area contributed by atoms with Crippen LogP contribution < -0.4 is 11.1 Å². The van der Waals surface area contributed by atoms with E-state index in [4.69, 9.17) is 17.3 Å². The SMILES string of the molecule is Nc1ccn2c(C(=O)Nc3ccccc3Cl)cnc2c1. The van der Waals surface area contributed by atoms with Crippen LogP contribution in [0.2, 0.25) is 5.02 Å². The van der Waals surface area contributed by atoms with Crippen LogP contribution >= 0.6 is 11.6 Å². The topological polar surface area (TPSA) is 72.4 Å². The maximum absolute atomic E-state index is 12.3. The second kappa shape index (κ2) is 4.86. The molecule has 0 saturated heterocycles. The minimum atomic E-state index is -0.282. The van der Waals surface area contributed by atoms with Crippen molar-refractivity contribution < 1.29 is 4.79 Å². The Morgan fingerprint density at radius 2 is 2.10 bits per heavy atom. The number of rotatable bonds is 2. The van der Waals surface area contributed by atoms with Crippen molar-refractivity contribution in [3.8, 4) is 0 Å². The number of amides is 1. The molecular weight excluding hydrogens is 276 g/mol. The predicted molar refractivity (Wildman–Crippen MR) is 79.0 cm³/mol. The van der Waals surface area contributed by atoms with Crippen LogP contribution in [-0.2, 0) is 0 Å². The van der Waals surface area contributed by atoms with Gasteiger partial charge in [0, 0.05) is 18.0 Å². The van der Waals surface area contributed by atoms with E-state index >= 15 is 0 Å². The zero-order valence-electron chi connectivity index (χ0n) is 10.4. The van der Waals surface area contributed by atoms with Gasteiger partial charge in [-0.3, -0.25) is 9.20 Å². The normalized spacial score (nSPS) is 10.7. The van der Waals surface area contributed by atoms with E-state index in [2.05, 4.69) is 10.3 Å². The van der Waals surface area contributed by atoms with Gasteiger partial charge in [-0.15, -0.1) is 0 Å². The summed E-state index contributed by atoms with van der Waals surface area (Å²) >= 11 is 6.02. The number of carbonyl (C=O) groups is 1. The number of para-hydroxylation sites is 1. The van der Waals surface area contributed by atoms with Crippen molar-refractivity contribution in [2.75, 3.05) is 11.1 Å². The first-order valence-electron chi connectivity index (χ1n) is 5.93. The molecule has 0 aliphatic carbocycles. The lowest BCUT2D eigenvalue weighted by atomic mass is 10.3. The maximum Gasteiger partial charge on any atom is 0.274 e. The van der Waals surface area contributed by atoms with Crippen molar-refractivity contribution >= 4 is 34.5 Å². The number of nitrogen functional groups attached to an aromatic ring is 1. The third-order valence-electron chi connectivity index (χ3n) is 2.89. The zero-order valence-corrected chi connectivity index (χ0v) is 11.1. The molecule has 100 valence electrons. The molecule has 6 heteroatoms. The molecule has 0 aliphatic rings. The van der Waals surface area contributed by atoms with Gasteiger partial charge < -0.3 is 11.1 Å². The van der Waals surface area contributed by atoms with Crippen LogP contribution in [0.15, 0.2) is 48.8 Å². The van der Waals surface area contributed by atoms with Crippen LogP contribution in [0.1, 0.15) is 10.5 Å². The van der Waals surface area contributed by atoms with Gasteiger partial charge in [-0.25, -0.2) is 4.98 Å². The second-order valence-corrected chi connectivity index (χ2v) is 4.67. The summed E-state index contributed by atoms with van der Waals surface area (Å²) in [7, 11) is 0. The van der Waals surface area contributed by atoms with Crippen molar-refractivity contribution in [1.29, 1.82) is 0 Å². The fourth-order valence-electron chi connectivity index (χ4n) is 1.91. The van der Waals surface area contributed by atoms with Gasteiger partial charge in [0.15, 0.2) is 0 Å². The van der Waals surface area contributed by atoms with Crippen molar-refractivity contribution in [2.45, 2.75) is 0 Å². The number of imidazole rings is 1. The molecule has 1 aromatic carbocycles. The minimum absolute atomic E-state index is 0.282. The Labute approximate surface area is 120 Å². The molecular formula is C14H11ClN4O. The molecule has 0 radical (unpaired) electrons. The number of benzene rings is 1. The molecule has 5 nitrogen and oxygen atoms in total. The van der Waals surface area contributed by atoms with Crippen molar-refractivity contribution in [3.05, 3.63) is 59.5 Å². The summed E-state index contributed by atoms with van der Waals surface area (Å²) in [6.07, 6.45) is 3.21. The number of fused-ring (bicyclic) bond motifs is 1. The number of nitrogens with one attached hydrogen (secondary N) is 1. The van der Waals surface area contributed by atoms with Gasteiger partial charge >= 0.3 is 0 Å². The quantitative estimate of drug-likeness (QED) is 0.761. The third kappa shape index (κ3) is 2.19. The Hall–Kier alpha value is -2.53. The van der Waals surface area contributed by atoms with E-state index in [1.807, 2.05) is 0 Å². The zero-order chi connectivity index (χ0) is 14.1. The average Bonchev–Trinajstić information content (AvgIpc) is 2.84. The van der Waals surface area contributed by atoms with Gasteiger partial charge in [0.2, 0.25) is 0 Å². The standard InChI is InChI=1S/C14H11ClN4O/c15-10-3-1-2-4-11(10)18-14(20)12-8-17-13-7-9(16)5-6-19(12)13/h1-8H,16H2,(H,18,20). The number of nitrogens with zero attached hydrogens (tertiary/aromatic N) is 2. The van der Waals surface area contributed by atoms with Crippen molar-refractivity contribution in [1.82, 2.24) is 9.38 Å². The van der Waals surface area contributed by atoms with Gasteiger partial charge in [0.05, 0.1) is 16.9 Å². The van der Waals surface area contributed by atoms with Crippen molar-refractivity contribution in [3.63, 3.8) is 0 Å². The Balaban J connectivity index is 1.95. The van der Waals surface area contributed by atoms with Crippen molar-refractivity contribution in [2.24, 2.45) is 0 Å². The van der Waals surface area contributed by atoms with Crippen LogP contribution in [0.25, 0.3) is 5.65 Å². The number of pyridine rings is 1. The van der Waals surface area contributed by atoms with Gasteiger partial charge in [-0.2, -0.15) is 0 Å². The van der Waals surface area contributed by atoms with Gasteiger partial charge in [0.1, 0.15) is 11.3 Å². The highest BCUT2D eigenvalue weighted by Crippen LogP contribution is 2.21. The summed E-state index contributed by atoms with van der Waals surface area (Å²) in [6.45, 7) is 0. The van der Waals surface area contributed by atoms with Crippen LogP contribution in [0.4, 0.5) is 11.4 Å². The lowest BCUT2D eigenvalue weighted by Gasteiger charge is -2.06. The molecule has 0 unspecified atom stereocenters. The third-order valence-corrected chi connectivity index (χ3v) is 3.22. The highest BCUT2D eigenvalue weighted by molar-refractivity contribution is 6.33. The summed E-state index contributed by atoms with van der Waals surface area (Å²) in [5.74, 6) is -0.282. The Morgan fingerprint density at radius 3 is 2.90 bits per heavy atom. The maximum atomic E-state index is 12.3. The summed E-state index contributed by atoms with van der Waals surface area (Å²) < 4.78 is 1.67. The first kappa shape index (κ1) is 12.5. The first-order chi connectivity index (χ1) is 9.65. The molecule has 20 heavy (non-hydrogen) atoms. The highest BCUT2D eigenvalue weighted by atomic mass is 35.5. The molecule has 0 bridgehead atoms. The van der Waals surface area contributed by atoms with E-state index in [0.29, 0.717) is 27.7 Å². The summed E-state index contributed by atoms with van der Waals surface area (Å²) in [4.78, 5) is 16.4. The Morgan fingerprint density at radius 1 is 1.30 bits per heavy atom. The van der Waals surface area contributed by atoms with E-state index in [9.17, 15) is 4.79 Å². The monoisotopic (exact) mass is 286 g/mol. The Kier molecular flexibility index (Phi) is 3.04. The molecule has 1 amide bonds. The molecule has 0 fully saturated rings. The van der Waals surface area contributed by atoms with Gasteiger partial charge in [-0.05, 0) is 18.2 Å². The summed E-state index contributed by atoms with van der Waals surface area (Å²) in [5.41, 5.74) is 7.88. The average molecular weight is 287 g/mol. The minimum Gasteiger partial charge on any atom is -0.399 e. The predicted octanol–water partition coefficient (Wildman–Crippen LogP) is 2.82. The molecule has 2 aromatic heterocycles. The fraction of sp³-hybridized carbons (Fsp3) is 0. The van der Waals surface area contributed by atoms with E-state index in [1.54, 1.807) is 47.0 Å². The lowest BCUT2D eigenvalue weighted by molar-refractivity contribution is 0.102. The highest BCUT2D eigenvalue weighted by Gasteiger charge is 2.13. The van der Waals surface area contributed by atoms with E-state index in [-0.39, 0.29) is 5.91 Å². The molecule has 0 aliphatic heterocycles. The summed E-state index contributed by atoms with van der Waals surface area (Å²) in [5, 5.41) is 3.24. The number of hydrogen-bond acceptors (Lipinski definition) is 3. The molecule has 0 saturated carbocycles. The van der Waals surface area contributed by atoms with E-state index in [0.717, 1.165) is 0 Å². The van der Waals surface area contributed by atoms with E-state index in [1.165, 1.54) is 6.20 Å². The number of hydrogen-bond donors (Lipinski definition) is 2. The Bertz CT molecular complexity index is 797. The number of aromatic nitrogens is 2. The molecule has 3 rings (SSSR count). The van der Waals surface area contributed by atoms with E-state index < -0.39 is 0 Å².